The molecule has 0 aliphatic heterocycles. The zero-order chi connectivity index (χ0) is 20.0. The van der Waals surface area contributed by atoms with Crippen molar-refractivity contribution in [3.8, 4) is 0 Å². The van der Waals surface area contributed by atoms with Crippen LogP contribution in [-0.2, 0) is 22.2 Å². The van der Waals surface area contributed by atoms with Crippen LogP contribution in [0.25, 0.3) is 0 Å². The van der Waals surface area contributed by atoms with Crippen LogP contribution >= 0.6 is 23.2 Å². The van der Waals surface area contributed by atoms with Crippen molar-refractivity contribution in [1.82, 2.24) is 9.29 Å². The standard InChI is InChI=1S/C17H17Cl2FN2O4S/c1-26-17(23)12-2-4-13(21-9-12)10-22(27(24)25)7-6-14(18)11-3-5-16(20)15(19)8-11/h2-5,8-9,14,27H,6-7,10H2,1H3. The summed E-state index contributed by atoms with van der Waals surface area (Å²) in [6.45, 7) is 0.177. The van der Waals surface area contributed by atoms with Gasteiger partial charge in [0.15, 0.2) is 0 Å². The number of thiol groups is 1. The van der Waals surface area contributed by atoms with E-state index in [0.29, 0.717) is 17.7 Å². The highest BCUT2D eigenvalue weighted by Gasteiger charge is 2.16. The molecule has 0 bridgehead atoms. The molecule has 6 nitrogen and oxygen atoms in total. The van der Waals surface area contributed by atoms with Crippen molar-refractivity contribution in [1.29, 1.82) is 0 Å². The van der Waals surface area contributed by atoms with Gasteiger partial charge in [0.05, 0.1) is 35.3 Å². The summed E-state index contributed by atoms with van der Waals surface area (Å²) >= 11 is 12.0. The number of aromatic nitrogens is 1. The molecule has 0 radical (unpaired) electrons. The third-order valence-corrected chi connectivity index (χ3v) is 5.33. The summed E-state index contributed by atoms with van der Waals surface area (Å²) in [4.78, 5) is 15.5. The molecule has 0 saturated carbocycles. The van der Waals surface area contributed by atoms with Crippen molar-refractivity contribution in [2.24, 2.45) is 0 Å². The van der Waals surface area contributed by atoms with Gasteiger partial charge >= 0.3 is 5.97 Å². The highest BCUT2D eigenvalue weighted by Crippen LogP contribution is 2.28. The first kappa shape index (κ1) is 21.6. The highest BCUT2D eigenvalue weighted by molar-refractivity contribution is 7.69. The van der Waals surface area contributed by atoms with Gasteiger partial charge in [-0.05, 0) is 36.2 Å². The number of esters is 1. The van der Waals surface area contributed by atoms with E-state index < -0.39 is 28.1 Å². The summed E-state index contributed by atoms with van der Waals surface area (Å²) in [6.07, 6.45) is 1.62. The molecule has 0 aliphatic rings. The number of nitrogens with zero attached hydrogens (tertiary/aromatic N) is 2. The maximum Gasteiger partial charge on any atom is 0.339 e. The van der Waals surface area contributed by atoms with Crippen molar-refractivity contribution in [2.75, 3.05) is 13.7 Å². The summed E-state index contributed by atoms with van der Waals surface area (Å²) in [7, 11) is -1.60. The van der Waals surface area contributed by atoms with Gasteiger partial charge in [-0.25, -0.2) is 17.6 Å². The Morgan fingerprint density at radius 2 is 2.07 bits per heavy atom. The molecule has 0 fully saturated rings. The van der Waals surface area contributed by atoms with Gasteiger partial charge < -0.3 is 4.74 Å². The smallest absolute Gasteiger partial charge is 0.339 e. The second-order valence-electron chi connectivity index (χ2n) is 5.59. The maximum absolute atomic E-state index is 13.2. The number of ether oxygens (including phenoxy) is 1. The molecule has 146 valence electrons. The lowest BCUT2D eigenvalue weighted by Crippen LogP contribution is -2.24. The predicted octanol–water partition coefficient (Wildman–Crippen LogP) is 3.36. The van der Waals surface area contributed by atoms with Crippen molar-refractivity contribution >= 4 is 40.1 Å². The average molecular weight is 435 g/mol. The van der Waals surface area contributed by atoms with Crippen LogP contribution in [0.1, 0.15) is 33.4 Å². The Morgan fingerprint density at radius 1 is 1.33 bits per heavy atom. The minimum absolute atomic E-state index is 0.0357. The zero-order valence-corrected chi connectivity index (χ0v) is 16.7. The second-order valence-corrected chi connectivity index (χ2v) is 7.56. The Hall–Kier alpha value is -1.74. The number of benzene rings is 1. The van der Waals surface area contributed by atoms with Crippen molar-refractivity contribution in [2.45, 2.75) is 18.3 Å². The summed E-state index contributed by atoms with van der Waals surface area (Å²) in [5.41, 5.74) is 1.34. The van der Waals surface area contributed by atoms with Crippen LogP contribution in [-0.4, -0.2) is 37.3 Å². The lowest BCUT2D eigenvalue weighted by Gasteiger charge is -2.17. The van der Waals surface area contributed by atoms with E-state index in [0.717, 1.165) is 0 Å². The molecule has 2 aromatic rings. The minimum atomic E-state index is -2.86. The molecular formula is C17H17Cl2FN2O4S. The number of hydrogen-bond donors (Lipinski definition) is 1. The summed E-state index contributed by atoms with van der Waals surface area (Å²) < 4.78 is 42.0. The number of carbonyl (C=O) groups excluding carboxylic acids is 1. The molecule has 0 spiro atoms. The van der Waals surface area contributed by atoms with Crippen LogP contribution in [0.5, 0.6) is 0 Å². The SMILES string of the molecule is COC(=O)c1ccc(CN(CCC(Cl)c2ccc(F)c(Cl)c2)[SH](=O)=O)nc1. The third-order valence-electron chi connectivity index (χ3n) is 3.77. The lowest BCUT2D eigenvalue weighted by molar-refractivity contribution is 0.0600. The van der Waals surface area contributed by atoms with Gasteiger partial charge in [0.1, 0.15) is 5.82 Å². The first-order valence-electron chi connectivity index (χ1n) is 7.83. The minimum Gasteiger partial charge on any atom is -0.465 e. The Kier molecular flexibility index (Phi) is 7.97. The average Bonchev–Trinajstić information content (AvgIpc) is 2.66. The Bertz CT molecular complexity index is 870. The molecule has 27 heavy (non-hydrogen) atoms. The Labute approximate surface area is 167 Å². The molecule has 1 heterocycles. The van der Waals surface area contributed by atoms with Crippen molar-refractivity contribution < 1.29 is 22.3 Å². The van der Waals surface area contributed by atoms with Crippen LogP contribution in [0.3, 0.4) is 0 Å². The Balaban J connectivity index is 2.01. The fraction of sp³-hybridized carbons (Fsp3) is 0.294. The fourth-order valence-corrected chi connectivity index (χ4v) is 3.26. The van der Waals surface area contributed by atoms with Gasteiger partial charge in [0, 0.05) is 12.7 Å². The topological polar surface area (TPSA) is 76.6 Å². The van der Waals surface area contributed by atoms with Gasteiger partial charge in [-0.1, -0.05) is 17.7 Å². The van der Waals surface area contributed by atoms with Gasteiger partial charge in [-0.15, -0.1) is 11.6 Å². The van der Waals surface area contributed by atoms with Crippen LogP contribution in [0.15, 0.2) is 36.5 Å². The first-order chi connectivity index (χ1) is 12.8. The summed E-state index contributed by atoms with van der Waals surface area (Å²) in [5.74, 6) is -1.07. The van der Waals surface area contributed by atoms with Gasteiger partial charge in [0.2, 0.25) is 10.9 Å². The third kappa shape index (κ3) is 6.14. The molecule has 2 rings (SSSR count). The van der Waals surface area contributed by atoms with E-state index in [1.54, 1.807) is 6.07 Å². The number of halogens is 3. The number of hydrogen-bond acceptors (Lipinski definition) is 5. The first-order valence-corrected chi connectivity index (χ1v) is 9.77. The van der Waals surface area contributed by atoms with Crippen molar-refractivity contribution in [3.05, 3.63) is 64.2 Å². The van der Waals surface area contributed by atoms with Crippen molar-refractivity contribution in [3.63, 3.8) is 0 Å². The summed E-state index contributed by atoms with van der Waals surface area (Å²) in [6, 6.07) is 7.20. The van der Waals surface area contributed by atoms with E-state index in [1.807, 2.05) is 0 Å². The number of rotatable bonds is 8. The molecule has 0 saturated heterocycles. The number of alkyl halides is 1. The molecule has 0 aliphatic carbocycles. The molecule has 1 aromatic carbocycles. The Morgan fingerprint density at radius 3 is 2.63 bits per heavy atom. The van der Waals surface area contributed by atoms with Crippen LogP contribution in [0.2, 0.25) is 5.02 Å². The summed E-state index contributed by atoms with van der Waals surface area (Å²) in [5, 5.41) is -0.574. The number of pyridine rings is 1. The molecule has 0 amide bonds. The predicted molar refractivity (Wildman–Crippen MR) is 101 cm³/mol. The van der Waals surface area contributed by atoms with E-state index in [4.69, 9.17) is 23.2 Å². The van der Waals surface area contributed by atoms with Gasteiger partial charge in [0.25, 0.3) is 0 Å². The zero-order valence-electron chi connectivity index (χ0n) is 14.3. The lowest BCUT2D eigenvalue weighted by atomic mass is 10.1. The van der Waals surface area contributed by atoms with E-state index in [1.165, 1.54) is 41.9 Å². The molecule has 10 heteroatoms. The molecule has 1 aromatic heterocycles. The van der Waals surface area contributed by atoms with E-state index >= 15 is 0 Å². The van der Waals surface area contributed by atoms with Gasteiger partial charge in [-0.2, -0.15) is 4.31 Å². The monoisotopic (exact) mass is 434 g/mol. The van der Waals surface area contributed by atoms with Crippen LogP contribution < -0.4 is 0 Å². The van der Waals surface area contributed by atoms with E-state index in [2.05, 4.69) is 9.72 Å². The maximum atomic E-state index is 13.2. The highest BCUT2D eigenvalue weighted by atomic mass is 35.5. The molecular weight excluding hydrogens is 418 g/mol. The molecule has 1 atom stereocenters. The molecule has 0 N–H and O–H groups in total. The normalized spacial score (nSPS) is 12.4. The van der Waals surface area contributed by atoms with E-state index in [-0.39, 0.29) is 23.7 Å². The fourth-order valence-electron chi connectivity index (χ4n) is 2.30. The van der Waals surface area contributed by atoms with E-state index in [9.17, 15) is 17.6 Å². The molecule has 1 unspecified atom stereocenters. The van der Waals surface area contributed by atoms with Gasteiger partial charge in [-0.3, -0.25) is 4.98 Å². The quantitative estimate of drug-likeness (QED) is 0.391. The van der Waals surface area contributed by atoms with Crippen LogP contribution in [0.4, 0.5) is 4.39 Å². The largest absolute Gasteiger partial charge is 0.465 e. The van der Waals surface area contributed by atoms with Crippen LogP contribution in [0, 0.1) is 5.82 Å². The second kappa shape index (κ2) is 9.98. The number of carbonyl (C=O) groups is 1. The number of methoxy groups -OCH3 is 1.